The van der Waals surface area contributed by atoms with Gasteiger partial charge in [-0.2, -0.15) is 0 Å². The summed E-state index contributed by atoms with van der Waals surface area (Å²) >= 11 is 0. The third-order valence-corrected chi connectivity index (χ3v) is 3.59. The van der Waals surface area contributed by atoms with Crippen LogP contribution >= 0.6 is 0 Å². The van der Waals surface area contributed by atoms with Crippen molar-refractivity contribution in [2.75, 3.05) is 26.2 Å². The first kappa shape index (κ1) is 15.4. The van der Waals surface area contributed by atoms with Crippen LogP contribution in [0.5, 0.6) is 0 Å². The van der Waals surface area contributed by atoms with E-state index in [1.54, 1.807) is 6.20 Å². The van der Waals surface area contributed by atoms with Crippen molar-refractivity contribution in [1.29, 1.82) is 0 Å². The number of hydrogen-bond acceptors (Lipinski definition) is 4. The molecule has 2 rings (SSSR count). The summed E-state index contributed by atoms with van der Waals surface area (Å²) in [5, 5.41) is 3.26. The van der Waals surface area contributed by atoms with Gasteiger partial charge in [-0.15, -0.1) is 0 Å². The molecule has 1 aromatic rings. The maximum atomic E-state index is 4.38. The Bertz CT molecular complexity index is 505. The predicted molar refractivity (Wildman–Crippen MR) is 91.3 cm³/mol. The summed E-state index contributed by atoms with van der Waals surface area (Å²) in [6, 6.07) is 5.86. The van der Waals surface area contributed by atoms with Crippen LogP contribution in [0.15, 0.2) is 47.9 Å². The first-order chi connectivity index (χ1) is 10.3. The second-order valence-corrected chi connectivity index (χ2v) is 5.14. The molecular weight excluding hydrogens is 260 g/mol. The molecule has 0 aromatic carbocycles. The van der Waals surface area contributed by atoms with E-state index in [9.17, 15) is 0 Å². The van der Waals surface area contributed by atoms with E-state index in [1.165, 1.54) is 25.9 Å². The molecular formula is C17H26N4. The molecule has 1 aliphatic heterocycles. The Labute approximate surface area is 128 Å². The van der Waals surface area contributed by atoms with E-state index >= 15 is 0 Å². The van der Waals surface area contributed by atoms with E-state index in [-0.39, 0.29) is 1.43 Å². The third-order valence-electron chi connectivity index (χ3n) is 3.59. The van der Waals surface area contributed by atoms with Gasteiger partial charge in [0.1, 0.15) is 5.82 Å². The highest BCUT2D eigenvalue weighted by Gasteiger charge is 2.09. The molecule has 0 bridgehead atoms. The zero-order valence-electron chi connectivity index (χ0n) is 12.8. The molecule has 0 unspecified atom stereocenters. The van der Waals surface area contributed by atoms with Crippen LogP contribution in [0.25, 0.3) is 5.57 Å². The predicted octanol–water partition coefficient (Wildman–Crippen LogP) is 2.96. The highest BCUT2D eigenvalue weighted by atomic mass is 15.2. The fraction of sp³-hybridized carbons (Fsp3) is 0.412. The van der Waals surface area contributed by atoms with Gasteiger partial charge >= 0.3 is 0 Å². The Morgan fingerprint density at radius 2 is 2.29 bits per heavy atom. The van der Waals surface area contributed by atoms with Gasteiger partial charge in [0.25, 0.3) is 0 Å². The van der Waals surface area contributed by atoms with Crippen molar-refractivity contribution < 1.29 is 1.43 Å². The monoisotopic (exact) mass is 286 g/mol. The molecule has 0 spiro atoms. The third kappa shape index (κ3) is 5.16. The highest BCUT2D eigenvalue weighted by Crippen LogP contribution is 2.09. The topological polar surface area (TPSA) is 40.5 Å². The average molecular weight is 286 g/mol. The molecule has 0 saturated carbocycles. The van der Waals surface area contributed by atoms with E-state index in [4.69, 9.17) is 0 Å². The van der Waals surface area contributed by atoms with E-state index in [1.807, 2.05) is 37.4 Å². The van der Waals surface area contributed by atoms with Gasteiger partial charge in [-0.1, -0.05) is 18.7 Å². The van der Waals surface area contributed by atoms with Crippen LogP contribution < -0.4 is 5.32 Å². The Hall–Kier alpha value is -1.94. The number of aromatic nitrogens is 1. The molecule has 114 valence electrons. The highest BCUT2D eigenvalue weighted by molar-refractivity contribution is 6.09. The SMILES string of the molecule is C=C(/N=C\C(=C/C)c1ccccn1)NCCN1CCCC1.[HH]. The molecule has 1 aromatic heterocycles. The van der Waals surface area contributed by atoms with Crippen LogP contribution in [-0.2, 0) is 0 Å². The molecule has 4 heteroatoms. The van der Waals surface area contributed by atoms with Crippen molar-refractivity contribution in [2.24, 2.45) is 4.99 Å². The zero-order chi connectivity index (χ0) is 14.9. The van der Waals surface area contributed by atoms with Crippen molar-refractivity contribution in [3.05, 3.63) is 48.6 Å². The number of aliphatic imine (C=N–C) groups is 1. The lowest BCUT2D eigenvalue weighted by atomic mass is 10.2. The standard InChI is InChI=1S/C17H24N4.H2/c1-3-16(17-8-4-5-9-19-17)14-20-15(2)18-10-13-21-11-6-7-12-21;/h3-5,8-9,14,18H,2,6-7,10-13H2,1H3;1H/b16-3+,20-14-;. The number of hydrogen-bond donors (Lipinski definition) is 1. The molecule has 0 radical (unpaired) electrons. The average Bonchev–Trinajstić information content (AvgIpc) is 3.02. The second-order valence-electron chi connectivity index (χ2n) is 5.14. The minimum absolute atomic E-state index is 0. The van der Waals surface area contributed by atoms with Gasteiger partial charge in [-0.05, 0) is 45.0 Å². The largest absolute Gasteiger partial charge is 0.369 e. The fourth-order valence-corrected chi connectivity index (χ4v) is 2.38. The first-order valence-corrected chi connectivity index (χ1v) is 7.56. The number of likely N-dealkylation sites (tertiary alicyclic amines) is 1. The molecule has 1 aliphatic rings. The molecule has 21 heavy (non-hydrogen) atoms. The quantitative estimate of drug-likeness (QED) is 0.783. The summed E-state index contributed by atoms with van der Waals surface area (Å²) in [7, 11) is 0. The van der Waals surface area contributed by atoms with Gasteiger partial charge in [0.2, 0.25) is 0 Å². The van der Waals surface area contributed by atoms with E-state index in [0.29, 0.717) is 5.82 Å². The van der Waals surface area contributed by atoms with Crippen molar-refractivity contribution >= 4 is 11.8 Å². The van der Waals surface area contributed by atoms with Crippen LogP contribution in [0.4, 0.5) is 0 Å². The molecule has 2 heterocycles. The Morgan fingerprint density at radius 1 is 1.48 bits per heavy atom. The molecule has 1 saturated heterocycles. The van der Waals surface area contributed by atoms with Crippen molar-refractivity contribution in [2.45, 2.75) is 19.8 Å². The fourth-order valence-electron chi connectivity index (χ4n) is 2.38. The molecule has 0 amide bonds. The van der Waals surface area contributed by atoms with Crippen molar-refractivity contribution in [3.8, 4) is 0 Å². The van der Waals surface area contributed by atoms with Crippen LogP contribution in [0, 0.1) is 0 Å². The van der Waals surface area contributed by atoms with Crippen molar-refractivity contribution in [1.82, 2.24) is 15.2 Å². The minimum Gasteiger partial charge on any atom is -0.369 e. The summed E-state index contributed by atoms with van der Waals surface area (Å²) in [5.41, 5.74) is 1.92. The van der Waals surface area contributed by atoms with Gasteiger partial charge in [-0.25, -0.2) is 4.99 Å². The lowest BCUT2D eigenvalue weighted by Gasteiger charge is -2.14. The van der Waals surface area contributed by atoms with Crippen LogP contribution in [0.2, 0.25) is 0 Å². The number of rotatable bonds is 7. The lowest BCUT2D eigenvalue weighted by molar-refractivity contribution is 0.340. The normalized spacial score (nSPS) is 16.5. The summed E-state index contributed by atoms with van der Waals surface area (Å²) in [6.07, 6.45) is 8.26. The maximum absolute atomic E-state index is 4.38. The molecule has 0 atom stereocenters. The Balaban J connectivity index is 0.00000242. The number of nitrogens with zero attached hydrogens (tertiary/aromatic N) is 3. The van der Waals surface area contributed by atoms with E-state index in [2.05, 4.69) is 26.8 Å². The van der Waals surface area contributed by atoms with Crippen LogP contribution in [0.1, 0.15) is 26.9 Å². The first-order valence-electron chi connectivity index (χ1n) is 7.56. The van der Waals surface area contributed by atoms with Crippen molar-refractivity contribution in [3.63, 3.8) is 0 Å². The number of nitrogens with one attached hydrogen (secondary N) is 1. The van der Waals surface area contributed by atoms with E-state index < -0.39 is 0 Å². The molecule has 1 fully saturated rings. The lowest BCUT2D eigenvalue weighted by Crippen LogP contribution is -2.29. The Morgan fingerprint density at radius 3 is 2.95 bits per heavy atom. The molecule has 0 aliphatic carbocycles. The molecule has 4 nitrogen and oxygen atoms in total. The Kier molecular flexibility index (Phi) is 6.16. The minimum atomic E-state index is 0. The second kappa shape index (κ2) is 8.37. The van der Waals surface area contributed by atoms with Gasteiger partial charge in [0.05, 0.1) is 5.69 Å². The van der Waals surface area contributed by atoms with E-state index in [0.717, 1.165) is 24.4 Å². The zero-order valence-corrected chi connectivity index (χ0v) is 12.8. The molecule has 1 N–H and O–H groups in total. The number of pyridine rings is 1. The maximum Gasteiger partial charge on any atom is 0.118 e. The summed E-state index contributed by atoms with van der Waals surface area (Å²) in [5.74, 6) is 0.699. The summed E-state index contributed by atoms with van der Waals surface area (Å²) < 4.78 is 0. The smallest absolute Gasteiger partial charge is 0.118 e. The van der Waals surface area contributed by atoms with Gasteiger partial charge < -0.3 is 10.2 Å². The summed E-state index contributed by atoms with van der Waals surface area (Å²) in [6.45, 7) is 10.3. The number of allylic oxidation sites excluding steroid dienone is 2. The van der Waals surface area contributed by atoms with Gasteiger partial charge in [0, 0.05) is 32.5 Å². The van der Waals surface area contributed by atoms with Gasteiger partial charge in [0.15, 0.2) is 0 Å². The summed E-state index contributed by atoms with van der Waals surface area (Å²) in [4.78, 5) is 11.2. The van der Waals surface area contributed by atoms with Gasteiger partial charge in [-0.3, -0.25) is 4.98 Å². The van der Waals surface area contributed by atoms with Crippen LogP contribution in [-0.4, -0.2) is 42.3 Å². The van der Waals surface area contributed by atoms with Crippen LogP contribution in [0.3, 0.4) is 0 Å².